The van der Waals surface area contributed by atoms with Crippen LogP contribution >= 0.6 is 0 Å². The predicted octanol–water partition coefficient (Wildman–Crippen LogP) is 2.86. The molecule has 4 nitrogen and oxygen atoms in total. The first-order valence-electron chi connectivity index (χ1n) is 7.67. The van der Waals surface area contributed by atoms with Crippen molar-refractivity contribution in [2.24, 2.45) is 0 Å². The van der Waals surface area contributed by atoms with Crippen molar-refractivity contribution in [1.82, 2.24) is 4.98 Å². The minimum atomic E-state index is 0.0361. The largest absolute Gasteiger partial charge is 0.483 e. The Bertz CT molecular complexity index is 739. The van der Waals surface area contributed by atoms with Gasteiger partial charge in [-0.25, -0.2) is 0 Å². The molecule has 0 unspecified atom stereocenters. The van der Waals surface area contributed by atoms with Crippen molar-refractivity contribution < 1.29 is 9.53 Å². The molecule has 0 saturated carbocycles. The number of hydrogen-bond donors (Lipinski definition) is 0. The number of aryl methyl sites for hydroxylation is 1. The monoisotopic (exact) mass is 282 g/mol. The second-order valence-corrected chi connectivity index (χ2v) is 5.67. The Morgan fingerprint density at radius 3 is 3.00 bits per heavy atom. The summed E-state index contributed by atoms with van der Waals surface area (Å²) in [6.07, 6.45) is 4.37. The van der Waals surface area contributed by atoms with Crippen LogP contribution in [0.3, 0.4) is 0 Å². The molecule has 2 aromatic rings. The average Bonchev–Trinajstić information content (AvgIpc) is 2.66. The lowest BCUT2D eigenvalue weighted by Gasteiger charge is -2.26. The van der Waals surface area contributed by atoms with Gasteiger partial charge in [0.2, 0.25) is 0 Å². The van der Waals surface area contributed by atoms with Crippen LogP contribution in [0.5, 0.6) is 5.75 Å². The van der Waals surface area contributed by atoms with E-state index in [9.17, 15) is 4.79 Å². The van der Waals surface area contributed by atoms with Gasteiger partial charge in [-0.1, -0.05) is 6.07 Å². The van der Waals surface area contributed by atoms with Crippen LogP contribution in [0.15, 0.2) is 18.2 Å². The van der Waals surface area contributed by atoms with E-state index in [0.29, 0.717) is 6.54 Å². The summed E-state index contributed by atoms with van der Waals surface area (Å²) in [5.74, 6) is 0.821. The van der Waals surface area contributed by atoms with Crippen LogP contribution < -0.4 is 9.64 Å². The molecule has 0 saturated heterocycles. The third-order valence-electron chi connectivity index (χ3n) is 4.46. The summed E-state index contributed by atoms with van der Waals surface area (Å²) in [4.78, 5) is 19.1. The van der Waals surface area contributed by atoms with Crippen LogP contribution in [0.4, 0.5) is 5.69 Å². The molecule has 2 aliphatic rings. The Kier molecular flexibility index (Phi) is 2.84. The first-order chi connectivity index (χ1) is 10.3. The number of aromatic nitrogens is 1. The highest BCUT2D eigenvalue weighted by Crippen LogP contribution is 2.41. The average molecular weight is 282 g/mol. The highest BCUT2D eigenvalue weighted by atomic mass is 16.5. The van der Waals surface area contributed by atoms with Gasteiger partial charge in [0, 0.05) is 12.2 Å². The normalized spacial score (nSPS) is 17.4. The Hall–Kier alpha value is -2.10. The zero-order valence-electron chi connectivity index (χ0n) is 12.2. The molecule has 0 N–H and O–H groups in total. The van der Waals surface area contributed by atoms with Gasteiger partial charge in [0.25, 0.3) is 5.91 Å². The molecule has 4 heteroatoms. The van der Waals surface area contributed by atoms with Crippen LogP contribution in [0, 0.1) is 0 Å². The zero-order valence-corrected chi connectivity index (χ0v) is 12.2. The summed E-state index contributed by atoms with van der Waals surface area (Å²) in [6.45, 7) is 2.80. The number of carbonyl (C=O) groups excluding carboxylic acids is 1. The molecule has 108 valence electrons. The molecule has 1 aliphatic heterocycles. The van der Waals surface area contributed by atoms with Gasteiger partial charge in [0.15, 0.2) is 6.61 Å². The Morgan fingerprint density at radius 2 is 2.14 bits per heavy atom. The van der Waals surface area contributed by atoms with Crippen molar-refractivity contribution in [2.45, 2.75) is 32.6 Å². The third-order valence-corrected chi connectivity index (χ3v) is 4.46. The van der Waals surface area contributed by atoms with Crippen molar-refractivity contribution >= 4 is 22.5 Å². The van der Waals surface area contributed by atoms with E-state index in [0.717, 1.165) is 40.9 Å². The molecule has 1 aromatic heterocycles. The molecule has 2 heterocycles. The highest BCUT2D eigenvalue weighted by Gasteiger charge is 2.29. The number of amides is 1. The summed E-state index contributed by atoms with van der Waals surface area (Å²) < 4.78 is 5.72. The minimum Gasteiger partial charge on any atom is -0.483 e. The maximum Gasteiger partial charge on any atom is 0.264 e. The lowest BCUT2D eigenvalue weighted by molar-refractivity contribution is -0.120. The molecule has 21 heavy (non-hydrogen) atoms. The Labute approximate surface area is 123 Å². The van der Waals surface area contributed by atoms with Crippen molar-refractivity contribution in [1.29, 1.82) is 0 Å². The molecular formula is C17H18N2O2. The quantitative estimate of drug-likeness (QED) is 0.807. The van der Waals surface area contributed by atoms with Gasteiger partial charge in [-0.3, -0.25) is 9.78 Å². The van der Waals surface area contributed by atoms with Gasteiger partial charge < -0.3 is 9.64 Å². The van der Waals surface area contributed by atoms with E-state index in [4.69, 9.17) is 9.72 Å². The van der Waals surface area contributed by atoms with Crippen LogP contribution in [0.2, 0.25) is 0 Å². The van der Waals surface area contributed by atoms with Crippen molar-refractivity contribution in [3.63, 3.8) is 0 Å². The van der Waals surface area contributed by atoms with Crippen molar-refractivity contribution in [3.8, 4) is 5.75 Å². The van der Waals surface area contributed by atoms with E-state index in [2.05, 4.69) is 0 Å². The number of hydrogen-bond acceptors (Lipinski definition) is 3. The standard InChI is InChI=1S/C17H18N2O2/c1-2-19-15(20)10-21-14-9-5-8-13-16(14)17(19)11-6-3-4-7-12(11)18-13/h5,8-9H,2-4,6-7,10H2,1H3. The number of ether oxygens (including phenoxy) is 1. The molecule has 1 aliphatic carbocycles. The van der Waals surface area contributed by atoms with Crippen molar-refractivity contribution in [2.75, 3.05) is 18.1 Å². The minimum absolute atomic E-state index is 0.0361. The Balaban J connectivity index is 2.12. The fourth-order valence-electron chi connectivity index (χ4n) is 3.51. The number of benzene rings is 1. The highest BCUT2D eigenvalue weighted by molar-refractivity contribution is 6.08. The van der Waals surface area contributed by atoms with Crippen LogP contribution in [-0.2, 0) is 17.6 Å². The molecule has 0 spiro atoms. The molecule has 0 radical (unpaired) electrons. The molecule has 0 bridgehead atoms. The molecule has 1 aromatic carbocycles. The van der Waals surface area contributed by atoms with E-state index in [1.165, 1.54) is 18.4 Å². The maximum atomic E-state index is 12.4. The summed E-state index contributed by atoms with van der Waals surface area (Å²) >= 11 is 0. The molecule has 1 amide bonds. The fourth-order valence-corrected chi connectivity index (χ4v) is 3.51. The summed E-state index contributed by atoms with van der Waals surface area (Å²) in [5, 5.41) is 1.01. The van der Waals surface area contributed by atoms with Gasteiger partial charge in [-0.05, 0) is 50.3 Å². The SMILES string of the molecule is CCN1C(=O)COc2cccc3nc4c(c1c23)CCCC4. The van der Waals surface area contributed by atoms with Crippen LogP contribution in [0.25, 0.3) is 10.9 Å². The second kappa shape index (κ2) is 4.72. The van der Waals surface area contributed by atoms with Gasteiger partial charge in [0.1, 0.15) is 5.75 Å². The first kappa shape index (κ1) is 12.6. The van der Waals surface area contributed by atoms with E-state index >= 15 is 0 Å². The lowest BCUT2D eigenvalue weighted by Crippen LogP contribution is -2.34. The summed E-state index contributed by atoms with van der Waals surface area (Å²) in [5.41, 5.74) is 4.41. The molecular weight excluding hydrogens is 264 g/mol. The number of carbonyl (C=O) groups is 1. The summed E-state index contributed by atoms with van der Waals surface area (Å²) in [6, 6.07) is 5.91. The van der Waals surface area contributed by atoms with E-state index in [1.54, 1.807) is 0 Å². The number of nitrogens with zero attached hydrogens (tertiary/aromatic N) is 2. The van der Waals surface area contributed by atoms with E-state index < -0.39 is 0 Å². The lowest BCUT2D eigenvalue weighted by atomic mass is 9.92. The number of rotatable bonds is 1. The topological polar surface area (TPSA) is 42.4 Å². The third kappa shape index (κ3) is 1.82. The number of anilines is 1. The van der Waals surface area contributed by atoms with E-state index in [-0.39, 0.29) is 12.5 Å². The number of fused-ring (bicyclic) bond motifs is 2. The number of likely N-dealkylation sites (N-methyl/N-ethyl adjacent to an activating group) is 1. The maximum absolute atomic E-state index is 12.4. The van der Waals surface area contributed by atoms with Crippen LogP contribution in [0.1, 0.15) is 31.0 Å². The van der Waals surface area contributed by atoms with Gasteiger partial charge in [-0.15, -0.1) is 0 Å². The summed E-state index contributed by atoms with van der Waals surface area (Å²) in [7, 11) is 0. The smallest absolute Gasteiger partial charge is 0.264 e. The van der Waals surface area contributed by atoms with Gasteiger partial charge in [-0.2, -0.15) is 0 Å². The fraction of sp³-hybridized carbons (Fsp3) is 0.412. The number of pyridine rings is 1. The zero-order chi connectivity index (χ0) is 14.4. The first-order valence-corrected chi connectivity index (χ1v) is 7.67. The molecule has 0 fully saturated rings. The van der Waals surface area contributed by atoms with Crippen LogP contribution in [-0.4, -0.2) is 24.0 Å². The van der Waals surface area contributed by atoms with Gasteiger partial charge in [0.05, 0.1) is 16.6 Å². The Morgan fingerprint density at radius 1 is 1.29 bits per heavy atom. The molecule has 0 atom stereocenters. The predicted molar refractivity (Wildman–Crippen MR) is 81.9 cm³/mol. The van der Waals surface area contributed by atoms with Crippen molar-refractivity contribution in [3.05, 3.63) is 29.5 Å². The van der Waals surface area contributed by atoms with Gasteiger partial charge >= 0.3 is 0 Å². The second-order valence-electron chi connectivity index (χ2n) is 5.67. The molecule has 4 rings (SSSR count). The van der Waals surface area contributed by atoms with E-state index in [1.807, 2.05) is 30.0 Å².